The Morgan fingerprint density at radius 3 is 3.17 bits per heavy atom. The Bertz CT molecular complexity index is 119. The van der Waals surface area contributed by atoms with Gasteiger partial charge in [-0.25, -0.2) is 0 Å². The Balaban J connectivity index is 2.21. The van der Waals surface area contributed by atoms with Crippen molar-refractivity contribution in [2.24, 2.45) is 0 Å². The van der Waals surface area contributed by atoms with Gasteiger partial charge in [-0.1, -0.05) is 0 Å². The van der Waals surface area contributed by atoms with Crippen molar-refractivity contribution in [2.45, 2.75) is 25.9 Å². The van der Waals surface area contributed by atoms with Gasteiger partial charge in [0.1, 0.15) is 0 Å². The summed E-state index contributed by atoms with van der Waals surface area (Å²) in [4.78, 5) is 2.37. The Labute approximate surface area is 74.3 Å². The third kappa shape index (κ3) is 3.52. The molecule has 1 atom stereocenters. The van der Waals surface area contributed by atoms with Crippen LogP contribution in [-0.4, -0.2) is 49.0 Å². The van der Waals surface area contributed by atoms with Crippen molar-refractivity contribution in [1.82, 2.24) is 4.90 Å². The minimum atomic E-state index is 0.297. The Morgan fingerprint density at radius 1 is 1.58 bits per heavy atom. The maximum atomic E-state index is 8.68. The van der Waals surface area contributed by atoms with Crippen LogP contribution in [-0.2, 0) is 4.74 Å². The summed E-state index contributed by atoms with van der Waals surface area (Å²) in [6, 6.07) is 0. The molecule has 1 rings (SSSR count). The van der Waals surface area contributed by atoms with E-state index in [4.69, 9.17) is 9.84 Å². The smallest absolute Gasteiger partial charge is 0.0673 e. The molecule has 1 N–H and O–H groups in total. The summed E-state index contributed by atoms with van der Waals surface area (Å²) in [7, 11) is 0. The molecule has 0 aromatic rings. The van der Waals surface area contributed by atoms with Gasteiger partial charge in [0.05, 0.1) is 6.10 Å². The van der Waals surface area contributed by atoms with Crippen LogP contribution >= 0.6 is 0 Å². The fourth-order valence-corrected chi connectivity index (χ4v) is 1.58. The molecule has 1 aliphatic rings. The van der Waals surface area contributed by atoms with E-state index in [2.05, 4.69) is 11.8 Å². The molecule has 3 heteroatoms. The molecule has 3 nitrogen and oxygen atoms in total. The molecule has 1 saturated heterocycles. The Kier molecular flexibility index (Phi) is 4.58. The van der Waals surface area contributed by atoms with Crippen molar-refractivity contribution in [3.8, 4) is 0 Å². The normalized spacial score (nSPS) is 27.0. The summed E-state index contributed by atoms with van der Waals surface area (Å²) in [6.45, 7) is 6.42. The molecule has 1 fully saturated rings. The number of ether oxygens (including phenoxy) is 1. The van der Waals surface area contributed by atoms with Crippen molar-refractivity contribution in [3.05, 3.63) is 0 Å². The van der Waals surface area contributed by atoms with E-state index in [1.807, 2.05) is 0 Å². The van der Waals surface area contributed by atoms with Crippen LogP contribution in [0.25, 0.3) is 0 Å². The van der Waals surface area contributed by atoms with Crippen LogP contribution in [0.5, 0.6) is 0 Å². The molecule has 0 aromatic carbocycles. The maximum Gasteiger partial charge on any atom is 0.0673 e. The lowest BCUT2D eigenvalue weighted by Crippen LogP contribution is -2.31. The predicted octanol–water partition coefficient (Wildman–Crippen LogP) is 0.480. The Hall–Kier alpha value is -0.120. The molecular formula is C9H19NO2. The zero-order chi connectivity index (χ0) is 8.81. The van der Waals surface area contributed by atoms with Gasteiger partial charge in [0.2, 0.25) is 0 Å². The van der Waals surface area contributed by atoms with Crippen molar-refractivity contribution in [2.75, 3.05) is 32.8 Å². The summed E-state index contributed by atoms with van der Waals surface area (Å²) < 4.78 is 5.51. The van der Waals surface area contributed by atoms with E-state index in [0.29, 0.717) is 12.7 Å². The van der Waals surface area contributed by atoms with Gasteiger partial charge in [-0.05, 0) is 19.8 Å². The highest BCUT2D eigenvalue weighted by atomic mass is 16.5. The second kappa shape index (κ2) is 5.51. The number of aliphatic hydroxyl groups is 1. The minimum absolute atomic E-state index is 0.297. The first-order valence-electron chi connectivity index (χ1n) is 4.77. The molecule has 0 radical (unpaired) electrons. The molecule has 1 unspecified atom stereocenters. The van der Waals surface area contributed by atoms with Gasteiger partial charge in [0, 0.05) is 32.8 Å². The summed E-state index contributed by atoms with van der Waals surface area (Å²) in [6.07, 6.45) is 2.36. The van der Waals surface area contributed by atoms with Crippen molar-refractivity contribution >= 4 is 0 Å². The largest absolute Gasteiger partial charge is 0.396 e. The lowest BCUT2D eigenvalue weighted by atomic mass is 10.3. The first kappa shape index (κ1) is 9.96. The molecule has 0 amide bonds. The van der Waals surface area contributed by atoms with E-state index in [9.17, 15) is 0 Å². The lowest BCUT2D eigenvalue weighted by Gasteiger charge is -2.20. The topological polar surface area (TPSA) is 32.7 Å². The molecular weight excluding hydrogens is 154 g/mol. The second-order valence-corrected chi connectivity index (χ2v) is 3.41. The predicted molar refractivity (Wildman–Crippen MR) is 48.2 cm³/mol. The van der Waals surface area contributed by atoms with Crippen LogP contribution in [0.4, 0.5) is 0 Å². The fourth-order valence-electron chi connectivity index (χ4n) is 1.58. The molecule has 0 aliphatic carbocycles. The highest BCUT2D eigenvalue weighted by Crippen LogP contribution is 2.05. The number of aliphatic hydroxyl groups excluding tert-OH is 1. The molecule has 1 heterocycles. The Morgan fingerprint density at radius 2 is 2.42 bits per heavy atom. The van der Waals surface area contributed by atoms with E-state index < -0.39 is 0 Å². The average Bonchev–Trinajstić information content (AvgIpc) is 2.26. The van der Waals surface area contributed by atoms with E-state index in [1.54, 1.807) is 0 Å². The SMILES string of the molecule is CC1CN(CCCO)CCCO1. The van der Waals surface area contributed by atoms with Gasteiger partial charge >= 0.3 is 0 Å². The standard InChI is InChI=1S/C9H19NO2/c1-9-8-10(4-2-6-11)5-3-7-12-9/h9,11H,2-8H2,1H3. The van der Waals surface area contributed by atoms with E-state index in [0.717, 1.165) is 39.1 Å². The second-order valence-electron chi connectivity index (χ2n) is 3.41. The zero-order valence-electron chi connectivity index (χ0n) is 7.83. The molecule has 1 aliphatic heterocycles. The van der Waals surface area contributed by atoms with Gasteiger partial charge in [0.25, 0.3) is 0 Å². The van der Waals surface area contributed by atoms with Crippen LogP contribution < -0.4 is 0 Å². The summed E-state index contributed by atoms with van der Waals surface area (Å²) >= 11 is 0. The van der Waals surface area contributed by atoms with Crippen molar-refractivity contribution < 1.29 is 9.84 Å². The van der Waals surface area contributed by atoms with Crippen molar-refractivity contribution in [3.63, 3.8) is 0 Å². The molecule has 0 saturated carbocycles. The van der Waals surface area contributed by atoms with Crippen LogP contribution in [0.2, 0.25) is 0 Å². The van der Waals surface area contributed by atoms with E-state index in [-0.39, 0.29) is 0 Å². The van der Waals surface area contributed by atoms with Gasteiger partial charge in [-0.3, -0.25) is 0 Å². The maximum absolute atomic E-state index is 8.68. The van der Waals surface area contributed by atoms with Crippen LogP contribution in [0.3, 0.4) is 0 Å². The molecule has 0 bridgehead atoms. The quantitative estimate of drug-likeness (QED) is 0.674. The summed E-state index contributed by atoms with van der Waals surface area (Å²) in [5, 5.41) is 8.68. The highest BCUT2D eigenvalue weighted by molar-refractivity contribution is 4.66. The summed E-state index contributed by atoms with van der Waals surface area (Å²) in [5.74, 6) is 0. The number of hydrogen-bond acceptors (Lipinski definition) is 3. The molecule has 0 spiro atoms. The van der Waals surface area contributed by atoms with Gasteiger partial charge < -0.3 is 14.7 Å². The van der Waals surface area contributed by atoms with Gasteiger partial charge in [-0.15, -0.1) is 0 Å². The number of hydrogen-bond donors (Lipinski definition) is 1. The molecule has 0 aromatic heterocycles. The third-order valence-corrected chi connectivity index (χ3v) is 2.17. The zero-order valence-corrected chi connectivity index (χ0v) is 7.83. The molecule has 12 heavy (non-hydrogen) atoms. The summed E-state index contributed by atoms with van der Waals surface area (Å²) in [5.41, 5.74) is 0. The van der Waals surface area contributed by atoms with Gasteiger partial charge in [0.15, 0.2) is 0 Å². The average molecular weight is 173 g/mol. The van der Waals surface area contributed by atoms with Crippen LogP contribution in [0.15, 0.2) is 0 Å². The first-order valence-corrected chi connectivity index (χ1v) is 4.77. The van der Waals surface area contributed by atoms with Gasteiger partial charge in [-0.2, -0.15) is 0 Å². The lowest BCUT2D eigenvalue weighted by molar-refractivity contribution is 0.0669. The fraction of sp³-hybridized carbons (Fsp3) is 1.00. The van der Waals surface area contributed by atoms with E-state index >= 15 is 0 Å². The van der Waals surface area contributed by atoms with Crippen molar-refractivity contribution in [1.29, 1.82) is 0 Å². The minimum Gasteiger partial charge on any atom is -0.396 e. The first-order chi connectivity index (χ1) is 5.83. The van der Waals surface area contributed by atoms with Crippen LogP contribution in [0, 0.1) is 0 Å². The third-order valence-electron chi connectivity index (χ3n) is 2.17. The highest BCUT2D eigenvalue weighted by Gasteiger charge is 2.13. The van der Waals surface area contributed by atoms with E-state index in [1.165, 1.54) is 0 Å². The number of nitrogens with zero attached hydrogens (tertiary/aromatic N) is 1. The van der Waals surface area contributed by atoms with Crippen LogP contribution in [0.1, 0.15) is 19.8 Å². The monoisotopic (exact) mass is 173 g/mol. The molecule has 72 valence electrons. The number of rotatable bonds is 3.